The zero-order chi connectivity index (χ0) is 48.0. The van der Waals surface area contributed by atoms with Crippen LogP contribution in [-0.2, 0) is 28.5 Å². The number of nitrogens with one attached hydrogen (secondary N) is 4. The van der Waals surface area contributed by atoms with Crippen LogP contribution in [0.4, 0.5) is 22.6 Å². The number of hydrogen-bond acceptors (Lipinski definition) is 16. The van der Waals surface area contributed by atoms with Crippen LogP contribution in [0.15, 0.2) is 47.8 Å². The Morgan fingerprint density at radius 3 is 2.15 bits per heavy atom. The van der Waals surface area contributed by atoms with Crippen LogP contribution in [0, 0.1) is 20.8 Å². The number of aryl methyl sites for hydroxylation is 3. The van der Waals surface area contributed by atoms with Crippen molar-refractivity contribution in [1.82, 2.24) is 40.0 Å². The van der Waals surface area contributed by atoms with Gasteiger partial charge in [0.2, 0.25) is 11.9 Å². The molecule has 7 rings (SSSR count). The Morgan fingerprint density at radius 1 is 0.838 bits per heavy atom. The van der Waals surface area contributed by atoms with Gasteiger partial charge in [-0.3, -0.25) is 24.6 Å². The van der Waals surface area contributed by atoms with Crippen molar-refractivity contribution in [2.24, 2.45) is 0 Å². The van der Waals surface area contributed by atoms with Gasteiger partial charge >= 0.3 is 0 Å². The fraction of sp³-hybridized carbons (Fsp3) is 0.571. The highest BCUT2D eigenvalue weighted by molar-refractivity contribution is 7.15. The summed E-state index contributed by atoms with van der Waals surface area (Å²) >= 11 is 1.49. The van der Waals surface area contributed by atoms with E-state index < -0.39 is 0 Å². The standard InChI is InChI=1S/C49H69N11O7S/c1-33-13-14-49(6,29-40(33)46(63)57-48-54-35(3)37(5)68-48)53-16-22-65-24-26-67-28-27-66-25-23-64-21-15-50-43(62)32-58-17-19-59(20-18-58)39-11-12-42(51-30-39)55-47-52-31-41-34(2)44(36(4)61)60(45(41)56-47)38-9-7-8-10-38/h11-14,30-31,38,53H,7-10,15-29,32H2,1-6H3,(H,50,62)(H,54,57,63)(H,51,52,55,56). The van der Waals surface area contributed by atoms with Crippen molar-refractivity contribution in [2.75, 3.05) is 114 Å². The first-order valence-corrected chi connectivity index (χ1v) is 24.7. The molecule has 0 aromatic carbocycles. The monoisotopic (exact) mass is 956 g/mol. The molecule has 4 aromatic heterocycles. The van der Waals surface area contributed by atoms with Crippen LogP contribution in [0.5, 0.6) is 0 Å². The van der Waals surface area contributed by atoms with Crippen molar-refractivity contribution < 1.29 is 33.3 Å². The van der Waals surface area contributed by atoms with Gasteiger partial charge in [-0.1, -0.05) is 25.0 Å². The summed E-state index contributed by atoms with van der Waals surface area (Å²) in [5.41, 5.74) is 5.77. The molecule has 2 amide bonds. The number of carbonyl (C=O) groups is 3. The molecular weight excluding hydrogens is 887 g/mol. The Hall–Kier alpha value is -5.15. The minimum atomic E-state index is -0.355. The van der Waals surface area contributed by atoms with Crippen molar-refractivity contribution in [3.8, 4) is 0 Å². The second kappa shape index (κ2) is 24.4. The zero-order valence-corrected chi connectivity index (χ0v) is 41.4. The summed E-state index contributed by atoms with van der Waals surface area (Å²) in [6.07, 6.45) is 12.7. The van der Waals surface area contributed by atoms with Gasteiger partial charge in [0.15, 0.2) is 10.9 Å². The number of aromatic nitrogens is 5. The molecule has 0 radical (unpaired) electrons. The number of carbonyl (C=O) groups excluding carboxylic acids is 3. The lowest BCUT2D eigenvalue weighted by Gasteiger charge is -2.35. The van der Waals surface area contributed by atoms with E-state index in [1.54, 1.807) is 13.1 Å². The van der Waals surface area contributed by atoms with E-state index in [4.69, 9.17) is 23.9 Å². The molecule has 1 unspecified atom stereocenters. The highest BCUT2D eigenvalue weighted by atomic mass is 32.1. The van der Waals surface area contributed by atoms with Gasteiger partial charge in [-0.2, -0.15) is 4.98 Å². The summed E-state index contributed by atoms with van der Waals surface area (Å²) in [6.45, 7) is 19.8. The Balaban J connectivity index is 0.676. The fourth-order valence-corrected chi connectivity index (χ4v) is 9.73. The van der Waals surface area contributed by atoms with E-state index >= 15 is 0 Å². The molecule has 2 aliphatic carbocycles. The second-order valence-corrected chi connectivity index (χ2v) is 19.2. The maximum Gasteiger partial charge on any atom is 0.253 e. The van der Waals surface area contributed by atoms with E-state index in [-0.39, 0.29) is 29.2 Å². The van der Waals surface area contributed by atoms with E-state index in [2.05, 4.69) is 63.6 Å². The van der Waals surface area contributed by atoms with Crippen LogP contribution in [0.3, 0.4) is 0 Å². The third-order valence-corrected chi connectivity index (χ3v) is 13.8. The van der Waals surface area contributed by atoms with Crippen molar-refractivity contribution in [1.29, 1.82) is 0 Å². The number of hydrogen-bond donors (Lipinski definition) is 4. The van der Waals surface area contributed by atoms with Gasteiger partial charge in [0.05, 0.1) is 82.7 Å². The smallest absolute Gasteiger partial charge is 0.253 e. The molecule has 1 saturated carbocycles. The molecule has 1 saturated heterocycles. The first-order chi connectivity index (χ1) is 32.9. The van der Waals surface area contributed by atoms with Crippen LogP contribution in [0.25, 0.3) is 11.0 Å². The number of rotatable bonds is 25. The Bertz CT molecular complexity index is 2380. The number of Topliss-reactive ketones (excluding diaryl/α,β-unsaturated/α-hetero) is 1. The van der Waals surface area contributed by atoms with Crippen LogP contribution in [0.2, 0.25) is 0 Å². The summed E-state index contributed by atoms with van der Waals surface area (Å²) in [5, 5.41) is 14.2. The molecule has 0 spiro atoms. The zero-order valence-electron chi connectivity index (χ0n) is 40.6. The lowest BCUT2D eigenvalue weighted by molar-refractivity contribution is -0.122. The predicted octanol–water partition coefficient (Wildman–Crippen LogP) is 5.84. The minimum absolute atomic E-state index is 0.0206. The minimum Gasteiger partial charge on any atom is -0.378 e. The highest BCUT2D eigenvalue weighted by Crippen LogP contribution is 2.37. The van der Waals surface area contributed by atoms with Crippen molar-refractivity contribution in [2.45, 2.75) is 85.2 Å². The summed E-state index contributed by atoms with van der Waals surface area (Å²) in [7, 11) is 0. The molecule has 19 heteroatoms. The molecule has 0 bridgehead atoms. The van der Waals surface area contributed by atoms with Crippen LogP contribution < -0.4 is 26.2 Å². The molecule has 1 aliphatic heterocycles. The van der Waals surface area contributed by atoms with E-state index in [9.17, 15) is 14.4 Å². The molecule has 4 aromatic rings. The average Bonchev–Trinajstić information content (AvgIpc) is 4.04. The molecule has 68 heavy (non-hydrogen) atoms. The summed E-state index contributed by atoms with van der Waals surface area (Å²) in [4.78, 5) is 62.4. The number of ketones is 1. The molecule has 368 valence electrons. The number of piperazine rings is 1. The van der Waals surface area contributed by atoms with Crippen LogP contribution in [0.1, 0.15) is 85.5 Å². The van der Waals surface area contributed by atoms with E-state index in [0.29, 0.717) is 95.8 Å². The van der Waals surface area contributed by atoms with Crippen LogP contribution >= 0.6 is 11.3 Å². The third kappa shape index (κ3) is 13.8. The van der Waals surface area contributed by atoms with Gasteiger partial charge < -0.3 is 44.4 Å². The summed E-state index contributed by atoms with van der Waals surface area (Å²) in [6, 6.07) is 4.24. The first-order valence-electron chi connectivity index (χ1n) is 23.9. The van der Waals surface area contributed by atoms with Gasteiger partial charge in [0.1, 0.15) is 11.5 Å². The molecule has 4 N–H and O–H groups in total. The molecule has 5 heterocycles. The van der Waals surface area contributed by atoms with Crippen molar-refractivity contribution in [3.63, 3.8) is 0 Å². The topological polar surface area (TPSA) is 199 Å². The molecule has 1 atom stereocenters. The van der Waals surface area contributed by atoms with Gasteiger partial charge in [-0.05, 0) is 77.2 Å². The fourth-order valence-electron chi connectivity index (χ4n) is 8.92. The number of thiazole rings is 1. The highest BCUT2D eigenvalue weighted by Gasteiger charge is 2.30. The number of fused-ring (bicyclic) bond motifs is 1. The molecular formula is C49H69N11O7S. The normalized spacial score (nSPS) is 17.9. The SMILES string of the molecule is CC(=O)c1c(C)c2cnc(Nc3ccc(N4CCN(CC(=O)NCCOCCOCCOCCOCCNC5(C)C=CC(C)=C(C(=O)Nc6nc(C)c(C)s6)C5)CC4)cn3)nc2n1C1CCCC1. The number of ether oxygens (including phenoxy) is 4. The van der Waals surface area contributed by atoms with E-state index in [0.717, 1.165) is 102 Å². The molecule has 2 fully saturated rings. The molecule has 18 nitrogen and oxygen atoms in total. The Morgan fingerprint density at radius 2 is 1.51 bits per heavy atom. The number of anilines is 4. The molecule has 3 aliphatic rings. The van der Waals surface area contributed by atoms with Crippen molar-refractivity contribution in [3.05, 3.63) is 69.7 Å². The number of pyridine rings is 1. The predicted molar refractivity (Wildman–Crippen MR) is 265 cm³/mol. The van der Waals surface area contributed by atoms with Gasteiger partial charge in [-0.25, -0.2) is 15.0 Å². The van der Waals surface area contributed by atoms with Gasteiger partial charge in [0.25, 0.3) is 5.91 Å². The maximum atomic E-state index is 13.0. The van der Waals surface area contributed by atoms with Crippen LogP contribution in [-0.4, -0.2) is 151 Å². The maximum absolute atomic E-state index is 13.0. The number of amides is 2. The largest absolute Gasteiger partial charge is 0.378 e. The van der Waals surface area contributed by atoms with E-state index in [1.165, 1.54) is 11.3 Å². The van der Waals surface area contributed by atoms with E-state index in [1.807, 2.05) is 52.1 Å². The quantitative estimate of drug-likeness (QED) is 0.0456. The Kier molecular flexibility index (Phi) is 18.2. The number of allylic oxidation sites excluding steroid dienone is 2. The average molecular weight is 956 g/mol. The van der Waals surface area contributed by atoms with Gasteiger partial charge in [0, 0.05) is 79.8 Å². The first kappa shape index (κ1) is 50.7. The van der Waals surface area contributed by atoms with Gasteiger partial charge in [-0.15, -0.1) is 11.3 Å². The van der Waals surface area contributed by atoms with Crippen molar-refractivity contribution >= 4 is 62.6 Å². The summed E-state index contributed by atoms with van der Waals surface area (Å²) in [5.74, 6) is 1.01. The Labute approximate surface area is 403 Å². The lowest BCUT2D eigenvalue weighted by Crippen LogP contribution is -2.49. The second-order valence-electron chi connectivity index (χ2n) is 18.0. The number of nitrogens with zero attached hydrogens (tertiary/aromatic N) is 7. The lowest BCUT2D eigenvalue weighted by atomic mass is 9.84. The third-order valence-electron chi connectivity index (χ3n) is 12.8. The summed E-state index contributed by atoms with van der Waals surface area (Å²) < 4.78 is 24.8.